The molecule has 3 atom stereocenters. The van der Waals surface area contributed by atoms with E-state index in [9.17, 15) is 20.1 Å². The lowest BCUT2D eigenvalue weighted by Gasteiger charge is -2.21. The molecule has 0 saturated carbocycles. The van der Waals surface area contributed by atoms with Gasteiger partial charge >= 0.3 is 0 Å². The highest BCUT2D eigenvalue weighted by atomic mass is 16.3. The van der Waals surface area contributed by atoms with Gasteiger partial charge in [0, 0.05) is 0 Å². The van der Waals surface area contributed by atoms with Crippen molar-refractivity contribution in [3.63, 3.8) is 0 Å². The van der Waals surface area contributed by atoms with Crippen molar-refractivity contribution >= 4 is 5.91 Å². The van der Waals surface area contributed by atoms with Crippen LogP contribution in [-0.4, -0.2) is 46.1 Å². The molecule has 1 amide bonds. The van der Waals surface area contributed by atoms with Crippen molar-refractivity contribution in [2.45, 2.75) is 315 Å². The molecular weight excluding hydrogens is 739 g/mol. The lowest BCUT2D eigenvalue weighted by atomic mass is 10.0. The molecule has 0 spiro atoms. The second kappa shape index (κ2) is 50.5. The third kappa shape index (κ3) is 44.9. The molecule has 5 heteroatoms. The van der Waals surface area contributed by atoms with Crippen molar-refractivity contribution in [3.05, 3.63) is 24.3 Å². The summed E-state index contributed by atoms with van der Waals surface area (Å²) < 4.78 is 0. The van der Waals surface area contributed by atoms with Crippen LogP contribution in [0.25, 0.3) is 0 Å². The van der Waals surface area contributed by atoms with Crippen molar-refractivity contribution in [1.29, 1.82) is 0 Å². The average molecular weight is 846 g/mol. The zero-order valence-corrected chi connectivity index (χ0v) is 40.6. The number of hydrogen-bond donors (Lipinski definition) is 4. The van der Waals surface area contributed by atoms with Gasteiger partial charge in [0.1, 0.15) is 6.10 Å². The van der Waals surface area contributed by atoms with Gasteiger partial charge in [0.25, 0.3) is 0 Å². The van der Waals surface area contributed by atoms with E-state index in [1.54, 1.807) is 6.08 Å². The molecule has 5 nitrogen and oxygen atoms in total. The highest BCUT2D eigenvalue weighted by molar-refractivity contribution is 5.80. The smallest absolute Gasteiger partial charge is 0.249 e. The van der Waals surface area contributed by atoms with Gasteiger partial charge in [0.05, 0.1) is 18.8 Å². The van der Waals surface area contributed by atoms with E-state index < -0.39 is 24.2 Å². The van der Waals surface area contributed by atoms with Crippen LogP contribution in [-0.2, 0) is 4.79 Å². The maximum absolute atomic E-state index is 12.5. The summed E-state index contributed by atoms with van der Waals surface area (Å²) in [6.07, 6.45) is 64.0. The Morgan fingerprint density at radius 2 is 0.683 bits per heavy atom. The van der Waals surface area contributed by atoms with Crippen LogP contribution >= 0.6 is 0 Å². The van der Waals surface area contributed by atoms with Crippen LogP contribution in [0.5, 0.6) is 0 Å². The first-order valence-electron chi connectivity index (χ1n) is 27.2. The zero-order valence-electron chi connectivity index (χ0n) is 40.6. The molecule has 0 aromatic rings. The number of unbranched alkanes of at least 4 members (excludes halogenated alkanes) is 40. The summed E-state index contributed by atoms with van der Waals surface area (Å²) in [6.45, 7) is 4.20. The number of hydrogen-bond acceptors (Lipinski definition) is 4. The number of nitrogens with one attached hydrogen (secondary N) is 1. The van der Waals surface area contributed by atoms with Gasteiger partial charge in [0.2, 0.25) is 5.91 Å². The van der Waals surface area contributed by atoms with Gasteiger partial charge in [-0.1, -0.05) is 289 Å². The van der Waals surface area contributed by atoms with Crippen molar-refractivity contribution in [2.75, 3.05) is 6.61 Å². The van der Waals surface area contributed by atoms with Crippen LogP contribution in [0.3, 0.4) is 0 Å². The van der Waals surface area contributed by atoms with Crippen molar-refractivity contribution in [2.24, 2.45) is 0 Å². The fourth-order valence-corrected chi connectivity index (χ4v) is 8.56. The number of carbonyl (C=O) groups is 1. The van der Waals surface area contributed by atoms with Gasteiger partial charge in [-0.05, 0) is 32.1 Å². The molecule has 0 saturated heterocycles. The van der Waals surface area contributed by atoms with E-state index in [1.165, 1.54) is 238 Å². The molecule has 0 aliphatic carbocycles. The maximum Gasteiger partial charge on any atom is 0.249 e. The molecule has 0 rings (SSSR count). The van der Waals surface area contributed by atoms with Gasteiger partial charge < -0.3 is 20.6 Å². The highest BCUT2D eigenvalue weighted by Gasteiger charge is 2.22. The molecule has 3 unspecified atom stereocenters. The second-order valence-electron chi connectivity index (χ2n) is 18.8. The Morgan fingerprint density at radius 3 is 1.02 bits per heavy atom. The quantitative estimate of drug-likeness (QED) is 0.0363. The number of amides is 1. The SMILES string of the molecule is CCCCCCCCCCCCC/C=C/CC/C=C/C(O)C(CO)NC(=O)C(O)CCCCCCCCCCCCCCCCCCCCCCCCCCCCCCC. The molecule has 60 heavy (non-hydrogen) atoms. The van der Waals surface area contributed by atoms with E-state index in [-0.39, 0.29) is 6.61 Å². The molecule has 0 aliphatic rings. The number of aliphatic hydroxyl groups is 3. The molecule has 0 radical (unpaired) electrons. The number of aliphatic hydroxyl groups excluding tert-OH is 3. The molecule has 0 aliphatic heterocycles. The fraction of sp³-hybridized carbons (Fsp3) is 0.909. The highest BCUT2D eigenvalue weighted by Crippen LogP contribution is 2.17. The van der Waals surface area contributed by atoms with Gasteiger partial charge in [-0.15, -0.1) is 0 Å². The number of rotatable bonds is 50. The van der Waals surface area contributed by atoms with Crippen LogP contribution in [0.1, 0.15) is 296 Å². The summed E-state index contributed by atoms with van der Waals surface area (Å²) in [5.41, 5.74) is 0. The predicted molar refractivity (Wildman–Crippen MR) is 264 cm³/mol. The Hall–Kier alpha value is -1.17. The minimum Gasteiger partial charge on any atom is -0.394 e. The minimum absolute atomic E-state index is 0.373. The van der Waals surface area contributed by atoms with Crippen molar-refractivity contribution < 1.29 is 20.1 Å². The van der Waals surface area contributed by atoms with Crippen LogP contribution in [0.4, 0.5) is 0 Å². The molecule has 0 aromatic heterocycles. The van der Waals surface area contributed by atoms with Gasteiger partial charge in [-0.3, -0.25) is 4.79 Å². The van der Waals surface area contributed by atoms with Gasteiger partial charge in [-0.25, -0.2) is 0 Å². The Labute approximate surface area is 375 Å². The lowest BCUT2D eigenvalue weighted by Crippen LogP contribution is -2.48. The van der Waals surface area contributed by atoms with Crippen LogP contribution < -0.4 is 5.32 Å². The molecule has 356 valence electrons. The molecule has 0 aromatic carbocycles. The van der Waals surface area contributed by atoms with Crippen molar-refractivity contribution in [3.8, 4) is 0 Å². The fourth-order valence-electron chi connectivity index (χ4n) is 8.56. The first-order valence-corrected chi connectivity index (χ1v) is 27.2. The standard InChI is InChI=1S/C55H107NO4/c1-3-5-7-9-11-13-15-17-19-21-22-23-24-25-26-27-28-29-30-31-32-34-36-38-40-42-44-46-48-50-54(59)55(60)56-52(51-57)53(58)49-47-45-43-41-39-37-35-33-20-18-16-14-12-10-8-6-4-2/h39,41,47,49,52-54,57-59H,3-38,40,42-46,48,50-51H2,1-2H3,(H,56,60)/b41-39+,49-47+. The number of carbonyl (C=O) groups excluding carboxylic acids is 1. The zero-order chi connectivity index (χ0) is 43.7. The summed E-state index contributed by atoms with van der Waals surface area (Å²) >= 11 is 0. The monoisotopic (exact) mass is 846 g/mol. The molecule has 0 fully saturated rings. The maximum atomic E-state index is 12.5. The predicted octanol–water partition coefficient (Wildman–Crippen LogP) is 16.5. The van der Waals surface area contributed by atoms with E-state index in [1.807, 2.05) is 6.08 Å². The Bertz CT molecular complexity index is 890. The first kappa shape index (κ1) is 58.8. The molecule has 0 bridgehead atoms. The summed E-state index contributed by atoms with van der Waals surface area (Å²) in [6, 6.07) is -0.812. The second-order valence-corrected chi connectivity index (χ2v) is 18.8. The van der Waals surface area contributed by atoms with E-state index in [0.29, 0.717) is 6.42 Å². The lowest BCUT2D eigenvalue weighted by molar-refractivity contribution is -0.131. The largest absolute Gasteiger partial charge is 0.394 e. The third-order valence-corrected chi connectivity index (χ3v) is 12.8. The van der Waals surface area contributed by atoms with E-state index >= 15 is 0 Å². The molecular formula is C55H107NO4. The normalized spacial score (nSPS) is 13.5. The van der Waals surface area contributed by atoms with Crippen LogP contribution in [0.15, 0.2) is 24.3 Å². The van der Waals surface area contributed by atoms with Gasteiger partial charge in [-0.2, -0.15) is 0 Å². The van der Waals surface area contributed by atoms with Crippen LogP contribution in [0, 0.1) is 0 Å². The Kier molecular flexibility index (Phi) is 49.5. The van der Waals surface area contributed by atoms with E-state index in [2.05, 4.69) is 31.3 Å². The third-order valence-electron chi connectivity index (χ3n) is 12.8. The summed E-state index contributed by atoms with van der Waals surface area (Å²) in [4.78, 5) is 12.5. The number of allylic oxidation sites excluding steroid dienone is 3. The Balaban J connectivity index is 3.54. The minimum atomic E-state index is -1.10. The van der Waals surface area contributed by atoms with Gasteiger partial charge in [0.15, 0.2) is 0 Å². The summed E-state index contributed by atoms with van der Waals surface area (Å²) in [5.74, 6) is -0.507. The summed E-state index contributed by atoms with van der Waals surface area (Å²) in [5, 5.41) is 33.3. The summed E-state index contributed by atoms with van der Waals surface area (Å²) in [7, 11) is 0. The van der Waals surface area contributed by atoms with E-state index in [0.717, 1.165) is 38.5 Å². The topological polar surface area (TPSA) is 89.8 Å². The Morgan fingerprint density at radius 1 is 0.400 bits per heavy atom. The van der Waals surface area contributed by atoms with Crippen molar-refractivity contribution in [1.82, 2.24) is 5.32 Å². The molecule has 0 heterocycles. The van der Waals surface area contributed by atoms with Crippen LogP contribution in [0.2, 0.25) is 0 Å². The van der Waals surface area contributed by atoms with E-state index in [4.69, 9.17) is 0 Å². The average Bonchev–Trinajstić information content (AvgIpc) is 3.25. The first-order chi connectivity index (χ1) is 29.6. The molecule has 4 N–H and O–H groups in total.